The lowest BCUT2D eigenvalue weighted by Crippen LogP contribution is -1.90. The number of thioether (sulfide) groups is 1. The van der Waals surface area contributed by atoms with E-state index in [2.05, 4.69) is 11.1 Å². The molecule has 0 fully saturated rings. The van der Waals surface area contributed by atoms with E-state index in [0.717, 1.165) is 22.8 Å². The molecule has 1 aromatic carbocycles. The van der Waals surface area contributed by atoms with Crippen molar-refractivity contribution in [2.24, 2.45) is 0 Å². The summed E-state index contributed by atoms with van der Waals surface area (Å²) in [6.07, 6.45) is 2.93. The second kappa shape index (κ2) is 6.46. The molecule has 94 valence electrons. The minimum Gasteiger partial charge on any atom is -0.261 e. The van der Waals surface area contributed by atoms with Gasteiger partial charge in [-0.3, -0.25) is 4.98 Å². The predicted molar refractivity (Wildman–Crippen MR) is 79.9 cm³/mol. The zero-order valence-corrected chi connectivity index (χ0v) is 12.3. The molecule has 2 aromatic rings. The Morgan fingerprint density at radius 1 is 1.11 bits per heavy atom. The summed E-state index contributed by atoms with van der Waals surface area (Å²) in [5, 5.41) is 1.21. The molecule has 1 heterocycles. The minimum absolute atomic E-state index is 0.601. The molecule has 0 atom stereocenters. The number of rotatable bonds is 4. The van der Waals surface area contributed by atoms with Crippen molar-refractivity contribution in [3.63, 3.8) is 0 Å². The number of halogens is 2. The van der Waals surface area contributed by atoms with Gasteiger partial charge in [-0.05, 0) is 43.2 Å². The first-order valence-electron chi connectivity index (χ1n) is 5.64. The Hall–Kier alpha value is -0.700. The second-order valence-corrected chi connectivity index (χ2v) is 5.96. The van der Waals surface area contributed by atoms with E-state index in [1.807, 2.05) is 37.4 Å². The first-order chi connectivity index (χ1) is 8.65. The molecule has 0 aliphatic carbocycles. The Morgan fingerprint density at radius 3 is 2.61 bits per heavy atom. The van der Waals surface area contributed by atoms with Crippen LogP contribution in [-0.2, 0) is 6.42 Å². The molecule has 0 radical (unpaired) electrons. The second-order valence-electron chi connectivity index (χ2n) is 3.98. The monoisotopic (exact) mass is 297 g/mol. The number of hydrogen-bond acceptors (Lipinski definition) is 2. The van der Waals surface area contributed by atoms with E-state index in [1.165, 1.54) is 5.56 Å². The van der Waals surface area contributed by atoms with Gasteiger partial charge >= 0.3 is 0 Å². The summed E-state index contributed by atoms with van der Waals surface area (Å²) in [5.74, 6) is 1.00. The minimum atomic E-state index is 0.601. The Morgan fingerprint density at radius 2 is 1.94 bits per heavy atom. The van der Waals surface area contributed by atoms with Crippen LogP contribution in [0.1, 0.15) is 11.3 Å². The molecule has 0 N–H and O–H groups in total. The molecule has 0 aliphatic heterocycles. The van der Waals surface area contributed by atoms with Crippen LogP contribution in [0, 0.1) is 6.92 Å². The summed E-state index contributed by atoms with van der Waals surface area (Å²) in [6.45, 7) is 1.99. The topological polar surface area (TPSA) is 12.9 Å². The number of aromatic nitrogens is 1. The van der Waals surface area contributed by atoms with Crippen LogP contribution in [0.15, 0.2) is 41.4 Å². The van der Waals surface area contributed by atoms with Gasteiger partial charge in [0.25, 0.3) is 0 Å². The van der Waals surface area contributed by atoms with Gasteiger partial charge in [-0.2, -0.15) is 0 Å². The molecule has 0 aliphatic rings. The van der Waals surface area contributed by atoms with E-state index < -0.39 is 0 Å². The highest BCUT2D eigenvalue weighted by Crippen LogP contribution is 2.28. The predicted octanol–water partition coefficient (Wildman–Crippen LogP) is 5.03. The van der Waals surface area contributed by atoms with Gasteiger partial charge in [0.1, 0.15) is 0 Å². The highest BCUT2D eigenvalue weighted by molar-refractivity contribution is 7.99. The van der Waals surface area contributed by atoms with Crippen LogP contribution in [-0.4, -0.2) is 10.7 Å². The summed E-state index contributed by atoms with van der Waals surface area (Å²) in [6, 6.07) is 9.89. The molecule has 1 nitrogen and oxygen atoms in total. The zero-order chi connectivity index (χ0) is 13.0. The molecule has 0 unspecified atom stereocenters. The molecule has 1 aromatic heterocycles. The third-order valence-corrected chi connectivity index (χ3v) is 4.26. The maximum Gasteiger partial charge on any atom is 0.0603 e. The SMILES string of the molecule is Cc1ccc(CCSc2ccc(Cl)c(Cl)c2)cn1. The summed E-state index contributed by atoms with van der Waals surface area (Å²) < 4.78 is 0. The third kappa shape index (κ3) is 3.91. The van der Waals surface area contributed by atoms with E-state index >= 15 is 0 Å². The van der Waals surface area contributed by atoms with Gasteiger partial charge in [-0.15, -0.1) is 11.8 Å². The fourth-order valence-corrected chi connectivity index (χ4v) is 2.80. The Balaban J connectivity index is 1.88. The maximum atomic E-state index is 5.97. The van der Waals surface area contributed by atoms with Crippen LogP contribution < -0.4 is 0 Å². The molecule has 4 heteroatoms. The Labute approximate surface area is 122 Å². The molecular weight excluding hydrogens is 285 g/mol. The summed E-state index contributed by atoms with van der Waals surface area (Å²) >= 11 is 13.6. The van der Waals surface area contributed by atoms with Crippen molar-refractivity contribution in [3.8, 4) is 0 Å². The fourth-order valence-electron chi connectivity index (χ4n) is 1.50. The quantitative estimate of drug-likeness (QED) is 0.734. The van der Waals surface area contributed by atoms with E-state index in [9.17, 15) is 0 Å². The van der Waals surface area contributed by atoms with E-state index in [0.29, 0.717) is 10.0 Å². The van der Waals surface area contributed by atoms with Gasteiger partial charge in [-0.25, -0.2) is 0 Å². The van der Waals surface area contributed by atoms with Gasteiger partial charge in [0.15, 0.2) is 0 Å². The van der Waals surface area contributed by atoms with Crippen LogP contribution in [0.4, 0.5) is 0 Å². The van der Waals surface area contributed by atoms with Crippen molar-refractivity contribution in [2.45, 2.75) is 18.2 Å². The molecular formula is C14H13Cl2NS. The number of hydrogen-bond donors (Lipinski definition) is 0. The molecule has 18 heavy (non-hydrogen) atoms. The van der Waals surface area contributed by atoms with Crippen molar-refractivity contribution >= 4 is 35.0 Å². The van der Waals surface area contributed by atoms with Crippen LogP contribution in [0.25, 0.3) is 0 Å². The van der Waals surface area contributed by atoms with Gasteiger partial charge < -0.3 is 0 Å². The van der Waals surface area contributed by atoms with Gasteiger partial charge in [0.2, 0.25) is 0 Å². The highest BCUT2D eigenvalue weighted by Gasteiger charge is 2.01. The van der Waals surface area contributed by atoms with E-state index in [-0.39, 0.29) is 0 Å². The standard InChI is InChI=1S/C14H13Cl2NS/c1-10-2-3-11(9-17-10)6-7-18-12-4-5-13(15)14(16)8-12/h2-5,8-9H,6-7H2,1H3. The molecule has 0 saturated carbocycles. The largest absolute Gasteiger partial charge is 0.261 e. The highest BCUT2D eigenvalue weighted by atomic mass is 35.5. The average molecular weight is 298 g/mol. The van der Waals surface area contributed by atoms with Gasteiger partial charge in [0, 0.05) is 22.5 Å². The number of nitrogens with zero attached hydrogens (tertiary/aromatic N) is 1. The third-order valence-electron chi connectivity index (χ3n) is 2.52. The van der Waals surface area contributed by atoms with E-state index in [1.54, 1.807) is 11.8 Å². The van der Waals surface area contributed by atoms with Crippen LogP contribution in [0.5, 0.6) is 0 Å². The van der Waals surface area contributed by atoms with Crippen LogP contribution >= 0.6 is 35.0 Å². The van der Waals surface area contributed by atoms with Gasteiger partial charge in [0.05, 0.1) is 10.0 Å². The molecule has 0 saturated heterocycles. The van der Waals surface area contributed by atoms with Crippen molar-refractivity contribution in [2.75, 3.05) is 5.75 Å². The average Bonchev–Trinajstić information content (AvgIpc) is 2.36. The maximum absolute atomic E-state index is 5.97. The molecule has 0 bridgehead atoms. The Bertz CT molecular complexity index is 526. The lowest BCUT2D eigenvalue weighted by Gasteiger charge is -2.04. The fraction of sp³-hybridized carbons (Fsp3) is 0.214. The summed E-state index contributed by atoms with van der Waals surface area (Å²) in [7, 11) is 0. The molecule has 2 rings (SSSR count). The van der Waals surface area contributed by atoms with E-state index in [4.69, 9.17) is 23.2 Å². The smallest absolute Gasteiger partial charge is 0.0603 e. The first kappa shape index (κ1) is 13.7. The van der Waals surface area contributed by atoms with Gasteiger partial charge in [-0.1, -0.05) is 29.3 Å². The Kier molecular flexibility index (Phi) is 4.93. The van der Waals surface area contributed by atoms with Crippen molar-refractivity contribution < 1.29 is 0 Å². The van der Waals surface area contributed by atoms with Crippen molar-refractivity contribution in [1.82, 2.24) is 4.98 Å². The van der Waals surface area contributed by atoms with Crippen LogP contribution in [0.2, 0.25) is 10.0 Å². The molecule has 0 spiro atoms. The van der Waals surface area contributed by atoms with Crippen molar-refractivity contribution in [3.05, 3.63) is 57.8 Å². The first-order valence-corrected chi connectivity index (χ1v) is 7.39. The lowest BCUT2D eigenvalue weighted by atomic mass is 10.2. The molecule has 0 amide bonds. The zero-order valence-electron chi connectivity index (χ0n) is 9.99. The summed E-state index contributed by atoms with van der Waals surface area (Å²) in [5.41, 5.74) is 2.31. The number of pyridine rings is 1. The summed E-state index contributed by atoms with van der Waals surface area (Å²) in [4.78, 5) is 5.43. The number of benzene rings is 1. The van der Waals surface area contributed by atoms with Crippen molar-refractivity contribution in [1.29, 1.82) is 0 Å². The number of aryl methyl sites for hydroxylation is 2. The lowest BCUT2D eigenvalue weighted by molar-refractivity contribution is 1.09. The normalized spacial score (nSPS) is 10.6. The van der Waals surface area contributed by atoms with Crippen LogP contribution in [0.3, 0.4) is 0 Å².